The third-order valence-electron chi connectivity index (χ3n) is 3.11. The normalized spacial score (nSPS) is 13.3. The van der Waals surface area contributed by atoms with Gasteiger partial charge in [-0.1, -0.05) is 48.5 Å². The lowest BCUT2D eigenvalue weighted by molar-refractivity contribution is -0.158. The van der Waals surface area contributed by atoms with E-state index in [0.717, 1.165) is 0 Å². The number of esters is 1. The Kier molecular flexibility index (Phi) is 3.96. The van der Waals surface area contributed by atoms with Gasteiger partial charge < -0.3 is 9.84 Å². The first-order valence-electron chi connectivity index (χ1n) is 6.05. The first-order chi connectivity index (χ1) is 9.62. The van der Waals surface area contributed by atoms with E-state index in [1.165, 1.54) is 13.2 Å². The highest BCUT2D eigenvalue weighted by atomic mass is 16.5. The van der Waals surface area contributed by atoms with Crippen LogP contribution < -0.4 is 0 Å². The molecule has 2 rings (SSSR count). The maximum absolute atomic E-state index is 12.1. The second kappa shape index (κ2) is 5.67. The molecule has 2 aromatic rings. The molecule has 4 nitrogen and oxygen atoms in total. The lowest BCUT2D eigenvalue weighted by atomic mass is 9.85. The van der Waals surface area contributed by atoms with E-state index in [9.17, 15) is 14.7 Å². The molecule has 0 radical (unpaired) electrons. The van der Waals surface area contributed by atoms with Crippen LogP contribution in [0.5, 0.6) is 0 Å². The lowest BCUT2D eigenvalue weighted by Crippen LogP contribution is -2.38. The van der Waals surface area contributed by atoms with Gasteiger partial charge in [0.15, 0.2) is 0 Å². The Morgan fingerprint density at radius 3 is 2.35 bits per heavy atom. The number of aliphatic hydroxyl groups is 1. The van der Waals surface area contributed by atoms with Gasteiger partial charge in [-0.25, -0.2) is 4.79 Å². The van der Waals surface area contributed by atoms with E-state index in [-0.39, 0.29) is 0 Å². The van der Waals surface area contributed by atoms with Gasteiger partial charge in [-0.3, -0.25) is 4.79 Å². The molecule has 0 amide bonds. The molecule has 102 valence electrons. The van der Waals surface area contributed by atoms with Crippen LogP contribution in [0.2, 0.25) is 0 Å². The maximum Gasteiger partial charge on any atom is 0.347 e. The van der Waals surface area contributed by atoms with Gasteiger partial charge in [0.25, 0.3) is 0 Å². The minimum atomic E-state index is -1.94. The summed E-state index contributed by atoms with van der Waals surface area (Å²) >= 11 is 0. The Balaban J connectivity index is 2.63. The van der Waals surface area contributed by atoms with Gasteiger partial charge in [0.2, 0.25) is 5.60 Å². The summed E-state index contributed by atoms with van der Waals surface area (Å²) in [5, 5.41) is 10.9. The fourth-order valence-corrected chi connectivity index (χ4v) is 2.07. The molecular weight excluding hydrogens is 256 g/mol. The number of hydrogen-bond acceptors (Lipinski definition) is 4. The van der Waals surface area contributed by atoms with Crippen molar-refractivity contribution in [3.8, 4) is 0 Å². The summed E-state index contributed by atoms with van der Waals surface area (Å²) in [5.74, 6) is -0.799. The van der Waals surface area contributed by atoms with Gasteiger partial charge in [0.05, 0.1) is 7.11 Å². The standard InChI is InChI=1S/C16H14O4/c1-20-15(18)16(19,13-7-3-2-4-8-13)14-9-5-6-12(10-14)11-17/h2-11,19H,1H3. The van der Waals surface area contributed by atoms with Crippen molar-refractivity contribution in [1.29, 1.82) is 0 Å². The molecule has 0 aliphatic rings. The molecule has 2 aromatic carbocycles. The van der Waals surface area contributed by atoms with Crippen molar-refractivity contribution in [3.63, 3.8) is 0 Å². The largest absolute Gasteiger partial charge is 0.466 e. The van der Waals surface area contributed by atoms with E-state index in [1.807, 2.05) is 0 Å². The number of rotatable bonds is 4. The van der Waals surface area contributed by atoms with Gasteiger partial charge in [-0.15, -0.1) is 0 Å². The van der Waals surface area contributed by atoms with Gasteiger partial charge in [-0.2, -0.15) is 0 Å². The van der Waals surface area contributed by atoms with E-state index in [4.69, 9.17) is 4.74 Å². The van der Waals surface area contributed by atoms with Crippen molar-refractivity contribution in [2.24, 2.45) is 0 Å². The Morgan fingerprint density at radius 1 is 1.10 bits per heavy atom. The topological polar surface area (TPSA) is 63.6 Å². The zero-order valence-corrected chi connectivity index (χ0v) is 10.9. The molecule has 0 saturated carbocycles. The van der Waals surface area contributed by atoms with Crippen molar-refractivity contribution >= 4 is 12.3 Å². The molecule has 0 bridgehead atoms. The second-order valence-corrected chi connectivity index (χ2v) is 4.31. The third kappa shape index (κ3) is 2.33. The highest BCUT2D eigenvalue weighted by Gasteiger charge is 2.41. The number of carbonyl (C=O) groups excluding carboxylic acids is 2. The van der Waals surface area contributed by atoms with Crippen LogP contribution in [0.4, 0.5) is 0 Å². The van der Waals surface area contributed by atoms with E-state index in [0.29, 0.717) is 23.0 Å². The van der Waals surface area contributed by atoms with Crippen molar-refractivity contribution in [3.05, 3.63) is 71.3 Å². The highest BCUT2D eigenvalue weighted by Crippen LogP contribution is 2.31. The average molecular weight is 270 g/mol. The molecule has 0 aliphatic carbocycles. The lowest BCUT2D eigenvalue weighted by Gasteiger charge is -2.26. The van der Waals surface area contributed by atoms with E-state index < -0.39 is 11.6 Å². The molecule has 4 heteroatoms. The van der Waals surface area contributed by atoms with Crippen molar-refractivity contribution in [1.82, 2.24) is 0 Å². The van der Waals surface area contributed by atoms with Gasteiger partial charge in [-0.05, 0) is 11.6 Å². The predicted molar refractivity (Wildman–Crippen MR) is 73.3 cm³/mol. The van der Waals surface area contributed by atoms with E-state index in [2.05, 4.69) is 0 Å². The summed E-state index contributed by atoms with van der Waals surface area (Å²) in [6, 6.07) is 14.7. The fourth-order valence-electron chi connectivity index (χ4n) is 2.07. The first-order valence-corrected chi connectivity index (χ1v) is 6.05. The van der Waals surface area contributed by atoms with Crippen molar-refractivity contribution in [2.75, 3.05) is 7.11 Å². The second-order valence-electron chi connectivity index (χ2n) is 4.31. The van der Waals surface area contributed by atoms with Crippen LogP contribution in [0.25, 0.3) is 0 Å². The molecule has 1 atom stereocenters. The molecule has 0 saturated heterocycles. The summed E-state index contributed by atoms with van der Waals surface area (Å²) in [6.45, 7) is 0. The number of benzene rings is 2. The summed E-state index contributed by atoms with van der Waals surface area (Å²) in [7, 11) is 1.21. The average Bonchev–Trinajstić information content (AvgIpc) is 2.54. The predicted octanol–water partition coefficient (Wildman–Crippen LogP) is 1.91. The molecule has 1 unspecified atom stereocenters. The number of ether oxygens (including phenoxy) is 1. The molecule has 0 heterocycles. The Hall–Kier alpha value is -2.46. The van der Waals surface area contributed by atoms with Crippen LogP contribution in [0.3, 0.4) is 0 Å². The minimum absolute atomic E-state index is 0.292. The van der Waals surface area contributed by atoms with Gasteiger partial charge in [0, 0.05) is 11.1 Å². The quantitative estimate of drug-likeness (QED) is 0.681. The Bertz CT molecular complexity index is 621. The maximum atomic E-state index is 12.1. The zero-order chi connectivity index (χ0) is 14.6. The number of aldehydes is 1. The molecule has 1 N–H and O–H groups in total. The Morgan fingerprint density at radius 2 is 1.75 bits per heavy atom. The smallest absolute Gasteiger partial charge is 0.347 e. The van der Waals surface area contributed by atoms with Crippen LogP contribution in [-0.4, -0.2) is 24.5 Å². The van der Waals surface area contributed by atoms with Crippen molar-refractivity contribution in [2.45, 2.75) is 5.60 Å². The van der Waals surface area contributed by atoms with Crippen molar-refractivity contribution < 1.29 is 19.4 Å². The summed E-state index contributed by atoms with van der Waals surface area (Å²) in [6.07, 6.45) is 0.659. The molecule has 0 spiro atoms. The van der Waals surface area contributed by atoms with Crippen LogP contribution in [-0.2, 0) is 15.1 Å². The molecular formula is C16H14O4. The van der Waals surface area contributed by atoms with Crippen LogP contribution in [0, 0.1) is 0 Å². The van der Waals surface area contributed by atoms with Crippen LogP contribution in [0.1, 0.15) is 21.5 Å². The summed E-state index contributed by atoms with van der Waals surface area (Å²) < 4.78 is 4.72. The first kappa shape index (κ1) is 14.0. The Labute approximate surface area is 116 Å². The third-order valence-corrected chi connectivity index (χ3v) is 3.11. The molecule has 0 aliphatic heterocycles. The summed E-state index contributed by atoms with van der Waals surface area (Å²) in [5.41, 5.74) is -0.884. The zero-order valence-electron chi connectivity index (χ0n) is 10.9. The molecule has 20 heavy (non-hydrogen) atoms. The SMILES string of the molecule is COC(=O)C(O)(c1ccccc1)c1cccc(C=O)c1. The van der Waals surface area contributed by atoms with E-state index in [1.54, 1.807) is 48.5 Å². The summed E-state index contributed by atoms with van der Waals surface area (Å²) in [4.78, 5) is 22.9. The van der Waals surface area contributed by atoms with E-state index >= 15 is 0 Å². The van der Waals surface area contributed by atoms with Gasteiger partial charge in [0.1, 0.15) is 6.29 Å². The number of methoxy groups -OCH3 is 1. The molecule has 0 fully saturated rings. The number of carbonyl (C=O) groups is 2. The monoisotopic (exact) mass is 270 g/mol. The fraction of sp³-hybridized carbons (Fsp3) is 0.125. The highest BCUT2D eigenvalue weighted by molar-refractivity contribution is 5.86. The van der Waals surface area contributed by atoms with Crippen LogP contribution in [0.15, 0.2) is 54.6 Å². The van der Waals surface area contributed by atoms with Gasteiger partial charge >= 0.3 is 5.97 Å². The minimum Gasteiger partial charge on any atom is -0.466 e. The molecule has 0 aromatic heterocycles. The van der Waals surface area contributed by atoms with Crippen LogP contribution >= 0.6 is 0 Å². The number of hydrogen-bond donors (Lipinski definition) is 1.